The Balaban J connectivity index is 1.18. The second-order valence-electron chi connectivity index (χ2n) is 10.3. The predicted molar refractivity (Wildman–Crippen MR) is 141 cm³/mol. The Bertz CT molecular complexity index is 1250. The minimum absolute atomic E-state index is 0.00456. The van der Waals surface area contributed by atoms with E-state index in [1.165, 1.54) is 14.7 Å². The van der Waals surface area contributed by atoms with Crippen LogP contribution in [0, 0.1) is 31.6 Å². The summed E-state index contributed by atoms with van der Waals surface area (Å²) in [6, 6.07) is 25.4. The lowest BCUT2D eigenvalue weighted by Gasteiger charge is -2.43. The van der Waals surface area contributed by atoms with Crippen LogP contribution in [0.1, 0.15) is 30.4 Å². The van der Waals surface area contributed by atoms with Crippen molar-refractivity contribution in [1.29, 1.82) is 0 Å². The molecule has 4 aliphatic rings. The summed E-state index contributed by atoms with van der Waals surface area (Å²) in [6.07, 6.45) is 2.10. The monoisotopic (exact) mass is 515 g/mol. The fourth-order valence-electron chi connectivity index (χ4n) is 6.33. The Labute approximate surface area is 220 Å². The number of rotatable bonds is 7. The number of carbonyl (C=O) groups is 2. The van der Waals surface area contributed by atoms with E-state index in [2.05, 4.69) is 60.7 Å². The van der Waals surface area contributed by atoms with Crippen molar-refractivity contribution in [2.45, 2.75) is 60.0 Å². The van der Waals surface area contributed by atoms with Crippen molar-refractivity contribution >= 4 is 22.8 Å². The number of hydrogen-bond acceptors (Lipinski definition) is 5. The number of hydrogen-bond donors (Lipinski definition) is 0. The quantitative estimate of drug-likeness (QED) is 0.300. The van der Waals surface area contributed by atoms with Gasteiger partial charge in [-0.3, -0.25) is 4.79 Å². The molecule has 3 aromatic carbocycles. The van der Waals surface area contributed by atoms with E-state index in [1.54, 1.807) is 0 Å². The normalized spacial score (nSPS) is 25.7. The number of carbonyl (C=O) groups excluding carboxylic acids is 2. The first-order valence-electron chi connectivity index (χ1n) is 13.0. The lowest BCUT2D eigenvalue weighted by molar-refractivity contribution is -0.174. The van der Waals surface area contributed by atoms with Gasteiger partial charge in [0.25, 0.3) is 0 Å². The second-order valence-corrected chi connectivity index (χ2v) is 12.3. The molecule has 0 spiro atoms. The molecule has 6 heteroatoms. The van der Waals surface area contributed by atoms with Crippen LogP contribution >= 0.6 is 0 Å². The third-order valence-electron chi connectivity index (χ3n) is 7.94. The van der Waals surface area contributed by atoms with Gasteiger partial charge < -0.3 is 14.2 Å². The first kappa shape index (κ1) is 24.1. The number of aryl methyl sites for hydroxylation is 2. The molecule has 0 N–H and O–H groups in total. The topological polar surface area (TPSA) is 61.8 Å². The highest BCUT2D eigenvalue weighted by Crippen LogP contribution is 2.52. The molecular weight excluding hydrogens is 484 g/mol. The fraction of sp³-hybridized carbons (Fsp3) is 0.355. The van der Waals surface area contributed by atoms with Crippen molar-refractivity contribution < 1.29 is 23.8 Å². The number of esters is 2. The zero-order valence-electron chi connectivity index (χ0n) is 21.1. The van der Waals surface area contributed by atoms with Gasteiger partial charge in [0.15, 0.2) is 21.3 Å². The molecule has 37 heavy (non-hydrogen) atoms. The molecule has 0 aromatic heterocycles. The molecule has 190 valence electrons. The Morgan fingerprint density at radius 1 is 0.919 bits per heavy atom. The standard InChI is InChI=1S/C31H31O5S/c1-19-15-24(37(22-9-5-3-6-10-22)23-11-7-4-8-12-23)16-20(2)28(19)34-18-27(32)35-29-21-13-14-25-26(17-21)31(33)36-30(25)29/h3-12,15-16,21,25-26,29-30H,13-14,17-18H2,1-2H3/q+1. The molecule has 4 fully saturated rings. The fourth-order valence-corrected chi connectivity index (χ4v) is 8.60. The van der Waals surface area contributed by atoms with Crippen molar-refractivity contribution in [2.75, 3.05) is 6.61 Å². The van der Waals surface area contributed by atoms with Gasteiger partial charge in [-0.05, 0) is 68.5 Å². The van der Waals surface area contributed by atoms with Crippen molar-refractivity contribution in [3.8, 4) is 5.75 Å². The van der Waals surface area contributed by atoms with Crippen LogP contribution in [0.2, 0.25) is 0 Å². The minimum atomic E-state index is -0.409. The smallest absolute Gasteiger partial charge is 0.344 e. The summed E-state index contributed by atoms with van der Waals surface area (Å²) < 4.78 is 17.4. The summed E-state index contributed by atoms with van der Waals surface area (Å²) in [5.41, 5.74) is 1.97. The first-order chi connectivity index (χ1) is 18.0. The Morgan fingerprint density at radius 2 is 1.54 bits per heavy atom. The molecular formula is C31H31O5S+. The van der Waals surface area contributed by atoms with Gasteiger partial charge in [-0.2, -0.15) is 0 Å². The predicted octanol–water partition coefficient (Wildman–Crippen LogP) is 5.66. The third kappa shape index (κ3) is 4.52. The lowest BCUT2D eigenvalue weighted by atomic mass is 9.63. The number of benzene rings is 3. The highest BCUT2D eigenvalue weighted by molar-refractivity contribution is 7.97. The minimum Gasteiger partial charge on any atom is -0.481 e. The molecule has 5 nitrogen and oxygen atoms in total. The van der Waals surface area contributed by atoms with Gasteiger partial charge in [-0.1, -0.05) is 36.4 Å². The maximum atomic E-state index is 12.8. The molecule has 0 radical (unpaired) electrons. The second kappa shape index (κ2) is 9.90. The third-order valence-corrected chi connectivity index (χ3v) is 10.1. The number of fused-ring (bicyclic) bond motifs is 1. The molecule has 3 aliphatic carbocycles. The summed E-state index contributed by atoms with van der Waals surface area (Å²) in [5, 5.41) is 0. The maximum Gasteiger partial charge on any atom is 0.344 e. The summed E-state index contributed by atoms with van der Waals surface area (Å²) in [6.45, 7) is 3.88. The van der Waals surface area contributed by atoms with E-state index < -0.39 is 5.97 Å². The molecule has 4 bridgehead atoms. The number of ether oxygens (including phenoxy) is 3. The van der Waals surface area contributed by atoms with E-state index in [-0.39, 0.29) is 53.4 Å². The van der Waals surface area contributed by atoms with Crippen molar-refractivity contribution in [3.63, 3.8) is 0 Å². The maximum absolute atomic E-state index is 12.8. The van der Waals surface area contributed by atoms with Gasteiger partial charge in [0.05, 0.1) is 16.8 Å². The zero-order chi connectivity index (χ0) is 25.5. The van der Waals surface area contributed by atoms with E-state index in [1.807, 2.05) is 26.0 Å². The average molecular weight is 516 g/mol. The van der Waals surface area contributed by atoms with Gasteiger partial charge in [-0.25, -0.2) is 4.79 Å². The van der Waals surface area contributed by atoms with Gasteiger partial charge >= 0.3 is 11.9 Å². The van der Waals surface area contributed by atoms with E-state index >= 15 is 0 Å². The zero-order valence-corrected chi connectivity index (χ0v) is 21.9. The van der Waals surface area contributed by atoms with Crippen molar-refractivity contribution in [1.82, 2.24) is 0 Å². The van der Waals surface area contributed by atoms with E-state index in [0.717, 1.165) is 30.4 Å². The molecule has 3 saturated carbocycles. The first-order valence-corrected chi connectivity index (χ1v) is 14.2. The van der Waals surface area contributed by atoms with Crippen LogP contribution in [0.3, 0.4) is 0 Å². The highest BCUT2D eigenvalue weighted by atomic mass is 32.2. The summed E-state index contributed by atoms with van der Waals surface area (Å²) in [5.74, 6) is 0.570. The van der Waals surface area contributed by atoms with Crippen LogP contribution in [-0.2, 0) is 30.0 Å². The Kier molecular flexibility index (Phi) is 6.45. The molecule has 1 aliphatic heterocycles. The molecule has 0 amide bonds. The molecule has 5 unspecified atom stereocenters. The van der Waals surface area contributed by atoms with E-state index in [0.29, 0.717) is 5.75 Å². The summed E-state index contributed by atoms with van der Waals surface area (Å²) in [4.78, 5) is 28.6. The van der Waals surface area contributed by atoms with Crippen LogP contribution in [-0.4, -0.2) is 30.8 Å². The van der Waals surface area contributed by atoms with Crippen LogP contribution in [0.5, 0.6) is 5.75 Å². The highest BCUT2D eigenvalue weighted by Gasteiger charge is 2.59. The molecule has 1 saturated heterocycles. The van der Waals surface area contributed by atoms with Crippen molar-refractivity contribution in [3.05, 3.63) is 83.9 Å². The lowest BCUT2D eigenvalue weighted by Crippen LogP contribution is -2.50. The molecule has 1 heterocycles. The largest absolute Gasteiger partial charge is 0.481 e. The molecule has 5 atom stereocenters. The van der Waals surface area contributed by atoms with Gasteiger partial charge in [0.2, 0.25) is 0 Å². The van der Waals surface area contributed by atoms with Crippen LogP contribution in [0.25, 0.3) is 0 Å². The van der Waals surface area contributed by atoms with Gasteiger partial charge in [-0.15, -0.1) is 0 Å². The van der Waals surface area contributed by atoms with Crippen LogP contribution in [0.15, 0.2) is 87.5 Å². The summed E-state index contributed by atoms with van der Waals surface area (Å²) in [7, 11) is -0.255. The van der Waals surface area contributed by atoms with E-state index in [4.69, 9.17) is 14.2 Å². The van der Waals surface area contributed by atoms with Gasteiger partial charge in [0.1, 0.15) is 18.0 Å². The van der Waals surface area contributed by atoms with Crippen molar-refractivity contribution in [2.24, 2.45) is 17.8 Å². The Morgan fingerprint density at radius 3 is 2.16 bits per heavy atom. The average Bonchev–Trinajstić information content (AvgIpc) is 3.18. The van der Waals surface area contributed by atoms with Crippen LogP contribution in [0.4, 0.5) is 0 Å². The SMILES string of the molecule is Cc1cc([S+](c2ccccc2)c2ccccc2)cc(C)c1OCC(=O)OC1C2CCC3C(C2)C(=O)OC31. The molecule has 3 aromatic rings. The molecule has 7 rings (SSSR count). The van der Waals surface area contributed by atoms with Gasteiger partial charge in [0, 0.05) is 24.0 Å². The Hall–Kier alpha value is -3.25. The van der Waals surface area contributed by atoms with Crippen LogP contribution < -0.4 is 4.74 Å². The van der Waals surface area contributed by atoms with E-state index in [9.17, 15) is 9.59 Å². The summed E-state index contributed by atoms with van der Waals surface area (Å²) >= 11 is 0.